The van der Waals surface area contributed by atoms with Crippen molar-refractivity contribution in [3.8, 4) is 0 Å². The Morgan fingerprint density at radius 1 is 1.57 bits per heavy atom. The van der Waals surface area contributed by atoms with E-state index in [0.29, 0.717) is 24.7 Å². The minimum Gasteiger partial charge on any atom is -0.340 e. The molecule has 0 radical (unpaired) electrons. The third kappa shape index (κ3) is 2.94. The zero-order valence-electron chi connectivity index (χ0n) is 11.9. The van der Waals surface area contributed by atoms with E-state index in [1.807, 2.05) is 17.8 Å². The van der Waals surface area contributed by atoms with E-state index in [1.54, 1.807) is 17.1 Å². The van der Waals surface area contributed by atoms with Crippen LogP contribution in [0.3, 0.4) is 0 Å². The lowest BCUT2D eigenvalue weighted by Gasteiger charge is -2.17. The van der Waals surface area contributed by atoms with Gasteiger partial charge in [0.1, 0.15) is 5.82 Å². The van der Waals surface area contributed by atoms with Gasteiger partial charge < -0.3 is 15.6 Å². The van der Waals surface area contributed by atoms with Gasteiger partial charge in [0.05, 0.1) is 18.8 Å². The highest BCUT2D eigenvalue weighted by Gasteiger charge is 2.36. The third-order valence-corrected chi connectivity index (χ3v) is 3.65. The first-order valence-electron chi connectivity index (χ1n) is 7.07. The van der Waals surface area contributed by atoms with Crippen molar-refractivity contribution in [1.29, 1.82) is 0 Å². The SMILES string of the molecule is Cn1ccnc1[C@@H](NC(=O)c1cn(CCN)nn1)C1CC1. The van der Waals surface area contributed by atoms with E-state index < -0.39 is 0 Å². The van der Waals surface area contributed by atoms with Gasteiger partial charge in [-0.25, -0.2) is 4.98 Å². The van der Waals surface area contributed by atoms with Gasteiger partial charge in [0.25, 0.3) is 5.91 Å². The van der Waals surface area contributed by atoms with Crippen molar-refractivity contribution in [3.63, 3.8) is 0 Å². The molecule has 2 heterocycles. The molecule has 0 aliphatic heterocycles. The van der Waals surface area contributed by atoms with Gasteiger partial charge in [-0.1, -0.05) is 5.21 Å². The van der Waals surface area contributed by atoms with Crippen LogP contribution >= 0.6 is 0 Å². The van der Waals surface area contributed by atoms with Gasteiger partial charge in [-0.3, -0.25) is 9.48 Å². The zero-order chi connectivity index (χ0) is 14.8. The van der Waals surface area contributed by atoms with Gasteiger partial charge in [0.2, 0.25) is 0 Å². The number of nitrogens with two attached hydrogens (primary N) is 1. The summed E-state index contributed by atoms with van der Waals surface area (Å²) in [5, 5.41) is 10.8. The molecular weight excluding hydrogens is 270 g/mol. The van der Waals surface area contributed by atoms with E-state index in [9.17, 15) is 4.79 Å². The second-order valence-electron chi connectivity index (χ2n) is 5.34. The number of hydrogen-bond acceptors (Lipinski definition) is 5. The van der Waals surface area contributed by atoms with Crippen LogP contribution in [0, 0.1) is 5.92 Å². The van der Waals surface area contributed by atoms with Gasteiger partial charge in [0, 0.05) is 26.0 Å². The van der Waals surface area contributed by atoms with Gasteiger partial charge in [0.15, 0.2) is 5.69 Å². The van der Waals surface area contributed by atoms with Crippen molar-refractivity contribution in [2.45, 2.75) is 25.4 Å². The van der Waals surface area contributed by atoms with Crippen LogP contribution in [0.4, 0.5) is 0 Å². The summed E-state index contributed by atoms with van der Waals surface area (Å²) in [6.07, 6.45) is 7.46. The summed E-state index contributed by atoms with van der Waals surface area (Å²) in [6, 6.07) is -0.0721. The van der Waals surface area contributed by atoms with E-state index in [0.717, 1.165) is 18.7 Å². The van der Waals surface area contributed by atoms with Crippen LogP contribution in [-0.2, 0) is 13.6 Å². The van der Waals surface area contributed by atoms with Crippen LogP contribution in [0.25, 0.3) is 0 Å². The molecule has 1 aliphatic rings. The highest BCUT2D eigenvalue weighted by Crippen LogP contribution is 2.40. The smallest absolute Gasteiger partial charge is 0.274 e. The van der Waals surface area contributed by atoms with Crippen LogP contribution in [-0.4, -0.2) is 37.0 Å². The molecule has 0 spiro atoms. The van der Waals surface area contributed by atoms with Crippen molar-refractivity contribution in [1.82, 2.24) is 29.9 Å². The van der Waals surface area contributed by atoms with Crippen molar-refractivity contribution in [2.75, 3.05) is 6.54 Å². The topological polar surface area (TPSA) is 104 Å². The molecule has 1 amide bonds. The van der Waals surface area contributed by atoms with Gasteiger partial charge in [-0.2, -0.15) is 0 Å². The van der Waals surface area contributed by atoms with Gasteiger partial charge in [-0.15, -0.1) is 5.10 Å². The molecule has 0 bridgehead atoms. The van der Waals surface area contributed by atoms with Crippen LogP contribution in [0.2, 0.25) is 0 Å². The Kier molecular flexibility index (Phi) is 3.70. The standard InChI is InChI=1S/C13H19N7O/c1-19-7-5-15-12(19)11(9-2-3-9)16-13(21)10-8-20(6-4-14)18-17-10/h5,7-9,11H,2-4,6,14H2,1H3,(H,16,21)/t11-/m0/s1. The minimum atomic E-state index is -0.224. The summed E-state index contributed by atoms with van der Waals surface area (Å²) < 4.78 is 3.51. The Morgan fingerprint density at radius 2 is 2.38 bits per heavy atom. The summed E-state index contributed by atoms with van der Waals surface area (Å²) in [6.45, 7) is 1.01. The molecule has 112 valence electrons. The second kappa shape index (κ2) is 5.65. The number of hydrogen-bond donors (Lipinski definition) is 2. The average molecular weight is 289 g/mol. The first kappa shape index (κ1) is 13.7. The third-order valence-electron chi connectivity index (χ3n) is 3.65. The largest absolute Gasteiger partial charge is 0.340 e. The lowest BCUT2D eigenvalue weighted by molar-refractivity contribution is 0.0924. The van der Waals surface area contributed by atoms with Crippen LogP contribution in [0.5, 0.6) is 0 Å². The Morgan fingerprint density at radius 3 is 3.00 bits per heavy atom. The zero-order valence-corrected chi connectivity index (χ0v) is 11.9. The van der Waals surface area contributed by atoms with E-state index in [2.05, 4.69) is 20.6 Å². The predicted octanol–water partition coefficient (Wildman–Crippen LogP) is -0.149. The number of aromatic nitrogens is 5. The number of nitrogens with one attached hydrogen (secondary N) is 1. The highest BCUT2D eigenvalue weighted by atomic mass is 16.2. The molecular formula is C13H19N7O. The summed E-state index contributed by atoms with van der Waals surface area (Å²) in [7, 11) is 1.93. The molecule has 21 heavy (non-hydrogen) atoms. The van der Waals surface area contributed by atoms with Crippen LogP contribution in [0.1, 0.15) is 35.2 Å². The molecule has 3 rings (SSSR count). The first-order chi connectivity index (χ1) is 10.2. The average Bonchev–Trinajstić information content (AvgIpc) is 3.05. The molecule has 8 heteroatoms. The Hall–Kier alpha value is -2.22. The maximum absolute atomic E-state index is 12.3. The Balaban J connectivity index is 1.73. The first-order valence-corrected chi connectivity index (χ1v) is 7.07. The number of amides is 1. The van der Waals surface area contributed by atoms with Crippen molar-refractivity contribution < 1.29 is 4.79 Å². The molecule has 8 nitrogen and oxygen atoms in total. The van der Waals surface area contributed by atoms with Gasteiger partial charge >= 0.3 is 0 Å². The van der Waals surface area contributed by atoms with Crippen LogP contribution in [0.15, 0.2) is 18.6 Å². The van der Waals surface area contributed by atoms with E-state index in [1.165, 1.54) is 0 Å². The lowest BCUT2D eigenvalue weighted by Crippen LogP contribution is -2.31. The van der Waals surface area contributed by atoms with Crippen LogP contribution < -0.4 is 11.1 Å². The highest BCUT2D eigenvalue weighted by molar-refractivity contribution is 5.92. The number of imidazole rings is 1. The van der Waals surface area contributed by atoms with E-state index in [-0.39, 0.29) is 11.9 Å². The second-order valence-corrected chi connectivity index (χ2v) is 5.34. The quantitative estimate of drug-likeness (QED) is 0.769. The van der Waals surface area contributed by atoms with Crippen molar-refractivity contribution in [2.24, 2.45) is 18.7 Å². The van der Waals surface area contributed by atoms with Crippen molar-refractivity contribution >= 4 is 5.91 Å². The summed E-state index contributed by atoms with van der Waals surface area (Å²) >= 11 is 0. The maximum Gasteiger partial charge on any atom is 0.274 e. The molecule has 2 aromatic rings. The summed E-state index contributed by atoms with van der Waals surface area (Å²) in [5.74, 6) is 1.10. The number of rotatable bonds is 6. The fourth-order valence-corrected chi connectivity index (χ4v) is 2.36. The van der Waals surface area contributed by atoms with Crippen molar-refractivity contribution in [3.05, 3.63) is 30.1 Å². The fraction of sp³-hybridized carbons (Fsp3) is 0.538. The summed E-state index contributed by atoms with van der Waals surface area (Å²) in [4.78, 5) is 16.7. The molecule has 1 atom stereocenters. The number of aryl methyl sites for hydroxylation is 1. The maximum atomic E-state index is 12.3. The molecule has 1 saturated carbocycles. The molecule has 2 aromatic heterocycles. The van der Waals surface area contributed by atoms with E-state index >= 15 is 0 Å². The Labute approximate surface area is 122 Å². The molecule has 1 fully saturated rings. The lowest BCUT2D eigenvalue weighted by atomic mass is 10.1. The number of carbonyl (C=O) groups excluding carboxylic acids is 1. The number of nitrogens with zero attached hydrogens (tertiary/aromatic N) is 5. The molecule has 0 saturated heterocycles. The predicted molar refractivity (Wildman–Crippen MR) is 75.2 cm³/mol. The molecule has 3 N–H and O–H groups in total. The molecule has 1 aliphatic carbocycles. The Bertz CT molecular complexity index is 628. The molecule has 0 aromatic carbocycles. The molecule has 0 unspecified atom stereocenters. The summed E-state index contributed by atoms with van der Waals surface area (Å²) in [5.41, 5.74) is 5.76. The fourth-order valence-electron chi connectivity index (χ4n) is 2.36. The van der Waals surface area contributed by atoms with Gasteiger partial charge in [-0.05, 0) is 18.8 Å². The normalized spacial score (nSPS) is 15.9. The van der Waals surface area contributed by atoms with E-state index in [4.69, 9.17) is 5.73 Å². The monoisotopic (exact) mass is 289 g/mol. The number of carbonyl (C=O) groups is 1. The minimum absolute atomic E-state index is 0.0721.